The van der Waals surface area contributed by atoms with E-state index >= 15 is 0 Å². The smallest absolute Gasteiger partial charge is 0.328 e. The number of imidazole rings is 1. The average Bonchev–Trinajstić information content (AvgIpc) is 3.68. The van der Waals surface area contributed by atoms with E-state index in [1.54, 1.807) is 45.6 Å². The fraction of sp³-hybridized carbons (Fsp3) is 0.450. The third-order valence-corrected chi connectivity index (χ3v) is 10.5. The molecule has 13 nitrogen and oxygen atoms in total. The number of ether oxygens (including phenoxy) is 1. The molecule has 0 unspecified atom stereocenters. The molecule has 0 bridgehead atoms. The summed E-state index contributed by atoms with van der Waals surface area (Å²) in [6.07, 6.45) is 5.27. The lowest BCUT2D eigenvalue weighted by Crippen LogP contribution is -2.54. The first kappa shape index (κ1) is 38.7. The molecule has 14 heteroatoms. The molecule has 2 aromatic heterocycles. The Kier molecular flexibility index (Phi) is 11.0. The van der Waals surface area contributed by atoms with Crippen molar-refractivity contribution in [1.29, 1.82) is 0 Å². The van der Waals surface area contributed by atoms with Crippen molar-refractivity contribution < 1.29 is 28.4 Å². The van der Waals surface area contributed by atoms with Crippen molar-refractivity contribution in [2.75, 3.05) is 58.7 Å². The van der Waals surface area contributed by atoms with Crippen molar-refractivity contribution in [3.05, 3.63) is 77.0 Å². The van der Waals surface area contributed by atoms with E-state index in [2.05, 4.69) is 29.5 Å². The number of carbonyl (C=O) groups excluding carboxylic acids is 4. The SMILES string of the molecule is Cc1nn(CC(=O)OC(C)(C)C)cc1-c1ccc(-c2cnc(C(=O)Nc3ccc(C(=O)N4CCN(C(=O)C5CC[N+](C)(C)CC5)CC4)c(Cl)c3)n2C)cc1. The average molecular weight is 758 g/mol. The van der Waals surface area contributed by atoms with Crippen molar-refractivity contribution in [1.82, 2.24) is 29.1 Å². The molecule has 4 aromatic rings. The molecule has 2 fully saturated rings. The third-order valence-electron chi connectivity index (χ3n) is 10.2. The summed E-state index contributed by atoms with van der Waals surface area (Å²) in [6.45, 7) is 11.3. The molecule has 0 aliphatic carbocycles. The lowest BCUT2D eigenvalue weighted by molar-refractivity contribution is -0.895. The van der Waals surface area contributed by atoms with Crippen LogP contribution in [0.2, 0.25) is 5.02 Å². The summed E-state index contributed by atoms with van der Waals surface area (Å²) in [7, 11) is 6.17. The van der Waals surface area contributed by atoms with Crippen molar-refractivity contribution in [3.63, 3.8) is 0 Å². The summed E-state index contributed by atoms with van der Waals surface area (Å²) in [5.74, 6) is -0.519. The van der Waals surface area contributed by atoms with E-state index in [0.29, 0.717) is 37.4 Å². The molecule has 2 aliphatic rings. The predicted octanol–water partition coefficient (Wildman–Crippen LogP) is 5.28. The minimum absolute atomic E-state index is 0.0190. The molecule has 4 heterocycles. The second-order valence-corrected chi connectivity index (χ2v) is 16.3. The Bertz CT molecular complexity index is 2040. The van der Waals surface area contributed by atoms with Crippen molar-refractivity contribution in [3.8, 4) is 22.4 Å². The van der Waals surface area contributed by atoms with Crippen LogP contribution in [0.1, 0.15) is 60.3 Å². The molecule has 6 rings (SSSR count). The fourth-order valence-corrected chi connectivity index (χ4v) is 7.38. The van der Waals surface area contributed by atoms with Gasteiger partial charge in [0.25, 0.3) is 11.8 Å². The second-order valence-electron chi connectivity index (χ2n) is 15.9. The maximum atomic E-state index is 13.4. The topological polar surface area (TPSA) is 132 Å². The third kappa shape index (κ3) is 8.85. The zero-order valence-electron chi connectivity index (χ0n) is 32.2. The number of hydrogen-bond acceptors (Lipinski definition) is 7. The van der Waals surface area contributed by atoms with E-state index < -0.39 is 11.5 Å². The van der Waals surface area contributed by atoms with Crippen LogP contribution in [0.5, 0.6) is 0 Å². The number of aryl methyl sites for hydroxylation is 1. The number of halogens is 1. The molecule has 2 saturated heterocycles. The van der Waals surface area contributed by atoms with Crippen LogP contribution < -0.4 is 5.32 Å². The summed E-state index contributed by atoms with van der Waals surface area (Å²) in [6, 6.07) is 12.7. The van der Waals surface area contributed by atoms with Crippen LogP contribution in [0.25, 0.3) is 22.4 Å². The molecule has 1 N–H and O–H groups in total. The van der Waals surface area contributed by atoms with Gasteiger partial charge >= 0.3 is 5.97 Å². The van der Waals surface area contributed by atoms with Crippen molar-refractivity contribution in [2.24, 2.45) is 13.0 Å². The molecular weight excluding hydrogens is 708 g/mol. The number of anilines is 1. The molecule has 2 aromatic carbocycles. The van der Waals surface area contributed by atoms with E-state index in [9.17, 15) is 19.2 Å². The fourth-order valence-electron chi connectivity index (χ4n) is 7.12. The number of quaternary nitrogens is 1. The van der Waals surface area contributed by atoms with Crippen LogP contribution >= 0.6 is 11.6 Å². The molecule has 286 valence electrons. The van der Waals surface area contributed by atoms with Gasteiger partial charge < -0.3 is 28.9 Å². The van der Waals surface area contributed by atoms with Crippen LogP contribution in [0.4, 0.5) is 5.69 Å². The Hall–Kier alpha value is -5.01. The maximum Gasteiger partial charge on any atom is 0.328 e. The van der Waals surface area contributed by atoms with Gasteiger partial charge in [-0.05, 0) is 57.0 Å². The summed E-state index contributed by atoms with van der Waals surface area (Å²) in [5.41, 5.74) is 4.42. The normalized spacial score (nSPS) is 16.3. The largest absolute Gasteiger partial charge is 0.459 e. The van der Waals surface area contributed by atoms with Gasteiger partial charge in [-0.25, -0.2) is 4.98 Å². The number of nitrogens with one attached hydrogen (secondary N) is 1. The summed E-state index contributed by atoms with van der Waals surface area (Å²) in [5, 5.41) is 7.57. The highest BCUT2D eigenvalue weighted by molar-refractivity contribution is 6.34. The standard InChI is InChI=1S/C40H49ClN8O5/c1-26-32(24-48(44-26)25-35(50)54-40(2,3)4)27-8-10-28(11-9-27)34-23-42-36(45(34)5)37(51)43-30-12-13-31(33(41)22-30)39(53)47-18-16-46(17-19-47)38(52)29-14-20-49(6,7)21-15-29/h8-13,22-24,29H,14-21,25H2,1-7H3/p+1. The highest BCUT2D eigenvalue weighted by atomic mass is 35.5. The van der Waals surface area contributed by atoms with Gasteiger partial charge in [-0.1, -0.05) is 35.9 Å². The van der Waals surface area contributed by atoms with Crippen molar-refractivity contribution in [2.45, 2.75) is 52.7 Å². The van der Waals surface area contributed by atoms with E-state index in [1.807, 2.05) is 63.1 Å². The highest BCUT2D eigenvalue weighted by Crippen LogP contribution is 2.29. The highest BCUT2D eigenvalue weighted by Gasteiger charge is 2.35. The lowest BCUT2D eigenvalue weighted by Gasteiger charge is -2.40. The zero-order valence-corrected chi connectivity index (χ0v) is 32.9. The van der Waals surface area contributed by atoms with E-state index in [4.69, 9.17) is 16.3 Å². The zero-order chi connectivity index (χ0) is 38.9. The number of likely N-dealkylation sites (tertiary alicyclic amines) is 1. The van der Waals surface area contributed by atoms with Gasteiger partial charge in [0.1, 0.15) is 12.1 Å². The van der Waals surface area contributed by atoms with E-state index in [1.165, 1.54) is 0 Å². The molecule has 0 saturated carbocycles. The Balaban J connectivity index is 1.04. The van der Waals surface area contributed by atoms with Gasteiger partial charge in [-0.15, -0.1) is 0 Å². The molecule has 54 heavy (non-hydrogen) atoms. The number of rotatable bonds is 8. The molecule has 0 radical (unpaired) electrons. The van der Waals surface area contributed by atoms with Crippen LogP contribution in [0, 0.1) is 12.8 Å². The monoisotopic (exact) mass is 757 g/mol. The van der Waals surface area contributed by atoms with Gasteiger partial charge in [0, 0.05) is 69.4 Å². The van der Waals surface area contributed by atoms with Gasteiger partial charge in [-0.2, -0.15) is 5.10 Å². The van der Waals surface area contributed by atoms with E-state index in [0.717, 1.165) is 58.5 Å². The number of aromatic nitrogens is 4. The van der Waals surface area contributed by atoms with Crippen molar-refractivity contribution >= 4 is 41.0 Å². The summed E-state index contributed by atoms with van der Waals surface area (Å²) >= 11 is 6.59. The first-order valence-electron chi connectivity index (χ1n) is 18.4. The lowest BCUT2D eigenvalue weighted by atomic mass is 9.94. The minimum Gasteiger partial charge on any atom is -0.459 e. The number of amides is 3. The number of esters is 1. The second kappa shape index (κ2) is 15.4. The minimum atomic E-state index is -0.570. The summed E-state index contributed by atoms with van der Waals surface area (Å²) < 4.78 is 9.67. The Morgan fingerprint density at radius 2 is 1.57 bits per heavy atom. The Morgan fingerprint density at radius 1 is 0.944 bits per heavy atom. The number of nitrogens with zero attached hydrogens (tertiary/aromatic N) is 7. The predicted molar refractivity (Wildman–Crippen MR) is 207 cm³/mol. The molecule has 0 spiro atoms. The number of hydrogen-bond donors (Lipinski definition) is 1. The van der Waals surface area contributed by atoms with Gasteiger partial charge in [0.05, 0.1) is 55.4 Å². The first-order valence-corrected chi connectivity index (χ1v) is 18.8. The number of piperidine rings is 1. The van der Waals surface area contributed by atoms with E-state index in [-0.39, 0.29) is 41.1 Å². The van der Waals surface area contributed by atoms with Crippen LogP contribution in [-0.2, 0) is 27.9 Å². The van der Waals surface area contributed by atoms with Crippen LogP contribution in [-0.4, -0.2) is 116 Å². The number of carbonyl (C=O) groups is 4. The molecule has 2 aliphatic heterocycles. The quantitative estimate of drug-likeness (QED) is 0.191. The van der Waals surface area contributed by atoms with Gasteiger partial charge in [0.15, 0.2) is 5.82 Å². The number of benzene rings is 2. The molecule has 0 atom stereocenters. The first-order chi connectivity index (χ1) is 25.5. The van der Waals surface area contributed by atoms with Crippen LogP contribution in [0.3, 0.4) is 0 Å². The molecular formula is C40H50ClN8O5+. The maximum absolute atomic E-state index is 13.4. The van der Waals surface area contributed by atoms with Crippen LogP contribution in [0.15, 0.2) is 54.9 Å². The Morgan fingerprint density at radius 3 is 2.20 bits per heavy atom. The summed E-state index contributed by atoms with van der Waals surface area (Å²) in [4.78, 5) is 60.2. The number of piperazine rings is 1. The molecule has 3 amide bonds. The van der Waals surface area contributed by atoms with Gasteiger partial charge in [-0.3, -0.25) is 23.9 Å². The van der Waals surface area contributed by atoms with Gasteiger partial charge in [0.2, 0.25) is 5.91 Å². The Labute approximate surface area is 321 Å².